The van der Waals surface area contributed by atoms with Crippen LogP contribution in [-0.4, -0.2) is 45.2 Å². The van der Waals surface area contributed by atoms with Gasteiger partial charge in [-0.3, -0.25) is 4.79 Å². The van der Waals surface area contributed by atoms with E-state index in [9.17, 15) is 27.2 Å². The van der Waals surface area contributed by atoms with Crippen LogP contribution in [0.1, 0.15) is 59.3 Å². The van der Waals surface area contributed by atoms with E-state index in [0.29, 0.717) is 16.8 Å². The molecule has 1 saturated carbocycles. The van der Waals surface area contributed by atoms with Crippen molar-refractivity contribution in [2.75, 3.05) is 6.54 Å². The number of ether oxygens (including phenoxy) is 1. The first-order chi connectivity index (χ1) is 17.5. The zero-order valence-electron chi connectivity index (χ0n) is 20.2. The van der Waals surface area contributed by atoms with Crippen LogP contribution in [0, 0.1) is 18.6 Å². The number of hydrogen-bond donors (Lipinski definition) is 3. The smallest absolute Gasteiger partial charge is 0.405 e. The number of halogens is 4. The van der Waals surface area contributed by atoms with Gasteiger partial charge in [-0.1, -0.05) is 6.07 Å². The van der Waals surface area contributed by atoms with Gasteiger partial charge in [0.15, 0.2) is 0 Å². The minimum atomic E-state index is -2.80. The highest BCUT2D eigenvalue weighted by Crippen LogP contribution is 2.42. The molecule has 2 heterocycles. The first-order valence-corrected chi connectivity index (χ1v) is 11.6. The molecule has 3 aromatic rings. The monoisotopic (exact) mass is 522 g/mol. The second kappa shape index (κ2) is 10.3. The van der Waals surface area contributed by atoms with E-state index < -0.39 is 48.6 Å². The number of nitrogens with zero attached hydrogens (tertiary/aromatic N) is 2. The van der Waals surface area contributed by atoms with E-state index in [1.807, 2.05) is 0 Å². The molecule has 1 aromatic carbocycles. The van der Waals surface area contributed by atoms with Crippen molar-refractivity contribution in [1.29, 1.82) is 0 Å². The van der Waals surface area contributed by atoms with Crippen LogP contribution in [0.3, 0.4) is 0 Å². The van der Waals surface area contributed by atoms with Crippen LogP contribution in [0.15, 0.2) is 30.3 Å². The Morgan fingerprint density at radius 2 is 1.92 bits per heavy atom. The molecular weight excluding hydrogens is 496 g/mol. The Bertz CT molecular complexity index is 1320. The van der Waals surface area contributed by atoms with E-state index in [1.165, 1.54) is 17.5 Å². The highest BCUT2D eigenvalue weighted by atomic mass is 19.3. The summed E-state index contributed by atoms with van der Waals surface area (Å²) in [4.78, 5) is 24.4. The van der Waals surface area contributed by atoms with Gasteiger partial charge in [-0.15, -0.1) is 0 Å². The van der Waals surface area contributed by atoms with Gasteiger partial charge in [0.1, 0.15) is 18.2 Å². The Labute approximate surface area is 209 Å². The second-order valence-corrected chi connectivity index (χ2v) is 9.46. The summed E-state index contributed by atoms with van der Waals surface area (Å²) in [5, 5.41) is 18.2. The molecule has 1 aliphatic carbocycles. The molecule has 0 saturated heterocycles. The van der Waals surface area contributed by atoms with E-state index in [-0.39, 0.29) is 29.5 Å². The zero-order valence-corrected chi connectivity index (χ0v) is 20.2. The maximum atomic E-state index is 14.1. The highest BCUT2D eigenvalue weighted by molar-refractivity contribution is 6.02. The molecule has 0 spiro atoms. The molecule has 1 atom stereocenters. The molecular formula is C25H26F4N4O4. The van der Waals surface area contributed by atoms with Crippen LogP contribution in [0.4, 0.5) is 22.4 Å². The van der Waals surface area contributed by atoms with E-state index in [4.69, 9.17) is 9.84 Å². The third-order valence-corrected chi connectivity index (χ3v) is 6.14. The Balaban J connectivity index is 1.65. The van der Waals surface area contributed by atoms with E-state index in [2.05, 4.69) is 15.7 Å². The van der Waals surface area contributed by atoms with Crippen LogP contribution in [0.5, 0.6) is 5.88 Å². The molecule has 198 valence electrons. The molecule has 12 heteroatoms. The van der Waals surface area contributed by atoms with Gasteiger partial charge in [0.05, 0.1) is 27.9 Å². The molecule has 2 amide bonds. The van der Waals surface area contributed by atoms with Gasteiger partial charge in [0, 0.05) is 24.9 Å². The molecule has 0 radical (unpaired) electrons. The molecule has 2 aromatic heterocycles. The van der Waals surface area contributed by atoms with Gasteiger partial charge < -0.3 is 20.5 Å². The van der Waals surface area contributed by atoms with Crippen molar-refractivity contribution in [3.8, 4) is 5.88 Å². The third-order valence-electron chi connectivity index (χ3n) is 6.14. The number of carboxylic acid groups (broad SMARTS) is 1. The second-order valence-electron chi connectivity index (χ2n) is 9.46. The number of nitrogens with one attached hydrogen (secondary N) is 2. The number of alkyl halides is 2. The molecule has 8 nitrogen and oxygen atoms in total. The molecule has 0 bridgehead atoms. The maximum Gasteiger partial charge on any atom is 0.405 e. The molecule has 1 aliphatic rings. The number of fused-ring (bicyclic) bond motifs is 1. The van der Waals surface area contributed by atoms with E-state index in [0.717, 1.165) is 25.0 Å². The summed E-state index contributed by atoms with van der Waals surface area (Å²) < 4.78 is 61.4. The molecule has 1 fully saturated rings. The van der Waals surface area contributed by atoms with Crippen molar-refractivity contribution < 1.29 is 37.0 Å². The van der Waals surface area contributed by atoms with Crippen LogP contribution < -0.4 is 15.4 Å². The van der Waals surface area contributed by atoms with Crippen molar-refractivity contribution in [3.05, 3.63) is 64.4 Å². The van der Waals surface area contributed by atoms with Gasteiger partial charge in [0.25, 0.3) is 5.91 Å². The van der Waals surface area contributed by atoms with Crippen LogP contribution in [0.25, 0.3) is 5.52 Å². The minimum Gasteiger partial charge on any atom is -0.473 e. The normalized spacial score (nSPS) is 15.0. The number of carbonyl (C=O) groups excluding carboxylic acids is 1. The fourth-order valence-electron chi connectivity index (χ4n) is 4.19. The minimum absolute atomic E-state index is 0.00223. The van der Waals surface area contributed by atoms with Gasteiger partial charge in [-0.05, 0) is 50.5 Å². The SMILES string of the molecule is Cc1cc(OCc2c(F)cccc2F)n2nc(C3CC3)c(C(=O)NCC(C)(CC(F)F)NC(=O)O)c2c1. The summed E-state index contributed by atoms with van der Waals surface area (Å²) in [6.07, 6.45) is -3.49. The summed E-state index contributed by atoms with van der Waals surface area (Å²) in [7, 11) is 0. The van der Waals surface area contributed by atoms with Crippen molar-refractivity contribution in [1.82, 2.24) is 20.2 Å². The lowest BCUT2D eigenvalue weighted by molar-refractivity contribution is 0.0836. The van der Waals surface area contributed by atoms with Crippen molar-refractivity contribution in [3.63, 3.8) is 0 Å². The molecule has 0 aliphatic heterocycles. The number of aryl methyl sites for hydroxylation is 1. The van der Waals surface area contributed by atoms with Gasteiger partial charge in [-0.2, -0.15) is 9.61 Å². The zero-order chi connectivity index (χ0) is 26.9. The molecule has 1 unspecified atom stereocenters. The van der Waals surface area contributed by atoms with Crippen LogP contribution in [0.2, 0.25) is 0 Å². The fraction of sp³-hybridized carbons (Fsp3) is 0.400. The average molecular weight is 522 g/mol. The Morgan fingerprint density at radius 1 is 1.24 bits per heavy atom. The number of pyridine rings is 1. The lowest BCUT2D eigenvalue weighted by atomic mass is 9.97. The van der Waals surface area contributed by atoms with Crippen molar-refractivity contribution in [2.45, 2.75) is 57.6 Å². The average Bonchev–Trinajstić information content (AvgIpc) is 3.56. The molecule has 37 heavy (non-hydrogen) atoms. The summed E-state index contributed by atoms with van der Waals surface area (Å²) >= 11 is 0. The predicted molar refractivity (Wildman–Crippen MR) is 125 cm³/mol. The third kappa shape index (κ3) is 5.95. The maximum absolute atomic E-state index is 14.1. The molecule has 3 N–H and O–H groups in total. The largest absolute Gasteiger partial charge is 0.473 e. The number of carbonyl (C=O) groups is 2. The lowest BCUT2D eigenvalue weighted by Crippen LogP contribution is -2.54. The summed E-state index contributed by atoms with van der Waals surface area (Å²) in [6.45, 7) is 2.23. The van der Waals surface area contributed by atoms with Gasteiger partial charge in [0.2, 0.25) is 12.3 Å². The lowest BCUT2D eigenvalue weighted by Gasteiger charge is -2.29. The van der Waals surface area contributed by atoms with Gasteiger partial charge in [-0.25, -0.2) is 22.4 Å². The quantitative estimate of drug-likeness (QED) is 0.332. The number of hydrogen-bond acceptors (Lipinski definition) is 4. The first-order valence-electron chi connectivity index (χ1n) is 11.6. The molecule has 4 rings (SSSR count). The number of rotatable bonds is 10. The summed E-state index contributed by atoms with van der Waals surface area (Å²) in [5.74, 6) is -1.97. The van der Waals surface area contributed by atoms with Crippen molar-refractivity contribution >= 4 is 17.5 Å². The summed E-state index contributed by atoms with van der Waals surface area (Å²) in [5.41, 5.74) is -0.122. The summed E-state index contributed by atoms with van der Waals surface area (Å²) in [6, 6.07) is 6.80. The van der Waals surface area contributed by atoms with Crippen LogP contribution >= 0.6 is 0 Å². The van der Waals surface area contributed by atoms with E-state index in [1.54, 1.807) is 19.1 Å². The van der Waals surface area contributed by atoms with Crippen molar-refractivity contribution in [2.24, 2.45) is 0 Å². The van der Waals surface area contributed by atoms with Crippen LogP contribution in [-0.2, 0) is 6.61 Å². The number of aromatic nitrogens is 2. The fourth-order valence-corrected chi connectivity index (χ4v) is 4.19. The standard InChI is InChI=1S/C25H26F4N4O4/c1-13-8-18-21(23(34)30-12-25(2,10-19(28)29)31-24(35)36)22(14-6-7-14)32-33(18)20(9-13)37-11-15-16(26)4-3-5-17(15)27/h3-5,8-9,14,19,31H,6-7,10-12H2,1-2H3,(H,30,34)(H,35,36). The predicted octanol–water partition coefficient (Wildman–Crippen LogP) is 4.79. The topological polar surface area (TPSA) is 105 Å². The van der Waals surface area contributed by atoms with E-state index >= 15 is 0 Å². The number of amides is 2. The van der Waals surface area contributed by atoms with Gasteiger partial charge >= 0.3 is 6.09 Å². The Hall–Kier alpha value is -3.83. The first kappa shape index (κ1) is 26.2. The highest BCUT2D eigenvalue weighted by Gasteiger charge is 2.35. The number of benzene rings is 1. The Kier molecular flexibility index (Phi) is 7.28. The Morgan fingerprint density at radius 3 is 2.51 bits per heavy atom.